The molecular weight excluding hydrogens is 344 g/mol. The Hall–Kier alpha value is -3.48. The maximum absolute atomic E-state index is 13.1. The van der Waals surface area contributed by atoms with E-state index in [1.54, 1.807) is 4.90 Å². The van der Waals surface area contributed by atoms with Gasteiger partial charge in [-0.3, -0.25) is 4.79 Å². The second kappa shape index (κ2) is 7.41. The van der Waals surface area contributed by atoms with Gasteiger partial charge < -0.3 is 14.3 Å². The van der Waals surface area contributed by atoms with Crippen LogP contribution in [0, 0.1) is 0 Å². The predicted octanol–water partition coefficient (Wildman–Crippen LogP) is 3.33. The number of aromatic nitrogens is 2. The lowest BCUT2D eigenvalue weighted by Gasteiger charge is -2.21. The van der Waals surface area contributed by atoms with E-state index in [4.69, 9.17) is 9.36 Å². The van der Waals surface area contributed by atoms with Crippen LogP contribution in [0.25, 0.3) is 11.1 Å². The van der Waals surface area contributed by atoms with Gasteiger partial charge in [0.2, 0.25) is 5.89 Å². The number of hydrogen-bond donors (Lipinski definition) is 0. The minimum atomic E-state index is -0.345. The fourth-order valence-electron chi connectivity index (χ4n) is 3.26. The van der Waals surface area contributed by atoms with Crippen molar-refractivity contribution in [2.24, 2.45) is 5.16 Å². The van der Waals surface area contributed by atoms with Gasteiger partial charge in [0.05, 0.1) is 12.3 Å². The number of carbonyl (C=O) groups excluding carboxylic acids is 1. The summed E-state index contributed by atoms with van der Waals surface area (Å²) in [5, 5.41) is 7.65. The number of rotatable bonds is 4. The SMILES string of the molecule is CON=C1C[C@@H](c2ncno2)N(C(=O)c2ccc(-c3ccccc3)cc2)C1. The van der Waals surface area contributed by atoms with Crippen LogP contribution in [0.3, 0.4) is 0 Å². The Morgan fingerprint density at radius 3 is 2.56 bits per heavy atom. The van der Waals surface area contributed by atoms with Crippen molar-refractivity contribution in [3.8, 4) is 11.1 Å². The van der Waals surface area contributed by atoms with E-state index in [0.717, 1.165) is 16.8 Å². The van der Waals surface area contributed by atoms with Gasteiger partial charge >= 0.3 is 0 Å². The molecule has 0 radical (unpaired) electrons. The first-order valence-corrected chi connectivity index (χ1v) is 8.58. The lowest BCUT2D eigenvalue weighted by atomic mass is 10.0. The molecule has 0 bridgehead atoms. The second-order valence-electron chi connectivity index (χ2n) is 6.22. The predicted molar refractivity (Wildman–Crippen MR) is 99.0 cm³/mol. The van der Waals surface area contributed by atoms with Crippen LogP contribution < -0.4 is 0 Å². The third-order valence-corrected chi connectivity index (χ3v) is 4.54. The summed E-state index contributed by atoms with van der Waals surface area (Å²) in [7, 11) is 1.49. The van der Waals surface area contributed by atoms with Gasteiger partial charge in [-0.15, -0.1) is 0 Å². The number of nitrogens with zero attached hydrogens (tertiary/aromatic N) is 4. The van der Waals surface area contributed by atoms with Crippen molar-refractivity contribution in [3.05, 3.63) is 72.4 Å². The Balaban J connectivity index is 1.59. The molecule has 2 aromatic carbocycles. The molecule has 4 rings (SSSR count). The number of carbonyl (C=O) groups is 1. The van der Waals surface area contributed by atoms with Crippen LogP contribution in [0.4, 0.5) is 0 Å². The Morgan fingerprint density at radius 2 is 1.89 bits per heavy atom. The van der Waals surface area contributed by atoms with Crippen LogP contribution in [0.15, 0.2) is 70.6 Å². The highest BCUT2D eigenvalue weighted by Crippen LogP contribution is 2.31. The molecule has 1 aromatic heterocycles. The van der Waals surface area contributed by atoms with Crippen molar-refractivity contribution >= 4 is 11.6 Å². The lowest BCUT2D eigenvalue weighted by molar-refractivity contribution is 0.0713. The summed E-state index contributed by atoms with van der Waals surface area (Å²) in [5.74, 6) is 0.282. The van der Waals surface area contributed by atoms with Crippen molar-refractivity contribution in [1.29, 1.82) is 0 Å². The largest absolute Gasteiger partial charge is 0.399 e. The Morgan fingerprint density at radius 1 is 1.15 bits per heavy atom. The van der Waals surface area contributed by atoms with Crippen LogP contribution >= 0.6 is 0 Å². The molecule has 1 aliphatic heterocycles. The third kappa shape index (κ3) is 3.44. The zero-order chi connectivity index (χ0) is 18.6. The van der Waals surface area contributed by atoms with Crippen molar-refractivity contribution < 1.29 is 14.2 Å². The maximum atomic E-state index is 13.1. The van der Waals surface area contributed by atoms with E-state index in [9.17, 15) is 4.79 Å². The molecule has 0 N–H and O–H groups in total. The monoisotopic (exact) mass is 362 g/mol. The molecule has 0 unspecified atom stereocenters. The van der Waals surface area contributed by atoms with Gasteiger partial charge in [-0.25, -0.2) is 0 Å². The molecule has 0 aliphatic carbocycles. The highest BCUT2D eigenvalue weighted by molar-refractivity contribution is 6.00. The molecule has 1 aliphatic rings. The standard InChI is InChI=1S/C20H18N4O3/c1-26-23-17-11-18(19-21-13-22-27-19)24(12-17)20(25)16-9-7-15(8-10-16)14-5-3-2-4-6-14/h2-10,13,18H,11-12H2,1H3/t18-/m0/s1. The number of hydrogen-bond acceptors (Lipinski definition) is 6. The first-order valence-electron chi connectivity index (χ1n) is 8.58. The van der Waals surface area contributed by atoms with E-state index >= 15 is 0 Å². The third-order valence-electron chi connectivity index (χ3n) is 4.54. The highest BCUT2D eigenvalue weighted by atomic mass is 16.6. The van der Waals surface area contributed by atoms with Gasteiger partial charge in [0.25, 0.3) is 5.91 Å². The summed E-state index contributed by atoms with van der Waals surface area (Å²) in [6.07, 6.45) is 1.84. The Labute approximate surface area is 156 Å². The van der Waals surface area contributed by atoms with Crippen LogP contribution in [0.1, 0.15) is 28.7 Å². The molecule has 3 aromatic rings. The minimum Gasteiger partial charge on any atom is -0.399 e. The highest BCUT2D eigenvalue weighted by Gasteiger charge is 2.38. The molecular formula is C20H18N4O3. The second-order valence-corrected chi connectivity index (χ2v) is 6.22. The first kappa shape index (κ1) is 17.0. The molecule has 2 heterocycles. The van der Waals surface area contributed by atoms with Crippen LogP contribution in [0.2, 0.25) is 0 Å². The minimum absolute atomic E-state index is 0.112. The van der Waals surface area contributed by atoms with Gasteiger partial charge in [0.1, 0.15) is 13.2 Å². The normalized spacial score (nSPS) is 18.0. The summed E-state index contributed by atoms with van der Waals surface area (Å²) in [6, 6.07) is 17.3. The maximum Gasteiger partial charge on any atom is 0.254 e. The lowest BCUT2D eigenvalue weighted by Crippen LogP contribution is -2.31. The van der Waals surface area contributed by atoms with Crippen molar-refractivity contribution in [2.45, 2.75) is 12.5 Å². The molecule has 7 nitrogen and oxygen atoms in total. The van der Waals surface area contributed by atoms with Gasteiger partial charge in [-0.1, -0.05) is 52.8 Å². The van der Waals surface area contributed by atoms with E-state index in [1.165, 1.54) is 13.4 Å². The van der Waals surface area contributed by atoms with Crippen LogP contribution in [-0.2, 0) is 4.84 Å². The molecule has 0 spiro atoms. The van der Waals surface area contributed by atoms with E-state index in [-0.39, 0.29) is 11.9 Å². The number of amides is 1. The number of oxime groups is 1. The Bertz CT molecular complexity index is 937. The van der Waals surface area contributed by atoms with Crippen molar-refractivity contribution in [1.82, 2.24) is 15.0 Å². The van der Waals surface area contributed by atoms with Gasteiger partial charge in [0, 0.05) is 12.0 Å². The average molecular weight is 362 g/mol. The summed E-state index contributed by atoms with van der Waals surface area (Å²) in [5.41, 5.74) is 3.52. The van der Waals surface area contributed by atoms with Crippen LogP contribution in [0.5, 0.6) is 0 Å². The van der Waals surface area contributed by atoms with Crippen molar-refractivity contribution in [2.75, 3.05) is 13.7 Å². The summed E-state index contributed by atoms with van der Waals surface area (Å²) < 4.78 is 5.19. The molecule has 0 saturated carbocycles. The molecule has 27 heavy (non-hydrogen) atoms. The summed E-state index contributed by atoms with van der Waals surface area (Å²) >= 11 is 0. The Kier molecular flexibility index (Phi) is 4.65. The van der Waals surface area contributed by atoms with E-state index in [2.05, 4.69) is 15.3 Å². The molecule has 1 fully saturated rings. The fourth-order valence-corrected chi connectivity index (χ4v) is 3.26. The summed E-state index contributed by atoms with van der Waals surface area (Å²) in [4.78, 5) is 23.8. The fraction of sp³-hybridized carbons (Fsp3) is 0.200. The zero-order valence-electron chi connectivity index (χ0n) is 14.8. The van der Waals surface area contributed by atoms with E-state index in [1.807, 2.05) is 54.6 Å². The molecule has 136 valence electrons. The molecule has 1 saturated heterocycles. The topological polar surface area (TPSA) is 80.8 Å². The average Bonchev–Trinajstić information content (AvgIpc) is 3.38. The van der Waals surface area contributed by atoms with Gasteiger partial charge in [0.15, 0.2) is 6.33 Å². The van der Waals surface area contributed by atoms with Gasteiger partial charge in [-0.2, -0.15) is 4.98 Å². The smallest absolute Gasteiger partial charge is 0.254 e. The van der Waals surface area contributed by atoms with E-state index in [0.29, 0.717) is 24.4 Å². The molecule has 1 atom stereocenters. The van der Waals surface area contributed by atoms with Crippen LogP contribution in [-0.4, -0.2) is 40.3 Å². The number of benzene rings is 2. The van der Waals surface area contributed by atoms with Gasteiger partial charge in [-0.05, 0) is 23.3 Å². The zero-order valence-corrected chi connectivity index (χ0v) is 14.8. The number of likely N-dealkylation sites (tertiary alicyclic amines) is 1. The first-order chi connectivity index (χ1) is 13.3. The van der Waals surface area contributed by atoms with E-state index < -0.39 is 0 Å². The molecule has 1 amide bonds. The summed E-state index contributed by atoms with van der Waals surface area (Å²) in [6.45, 7) is 0.361. The van der Waals surface area contributed by atoms with Crippen molar-refractivity contribution in [3.63, 3.8) is 0 Å². The molecule has 7 heteroatoms. The quantitative estimate of drug-likeness (QED) is 0.665.